The third-order valence-electron chi connectivity index (χ3n) is 4.64. The molecule has 0 radical (unpaired) electrons. The molecule has 4 N–H and O–H groups in total. The number of aliphatic hydroxyl groups excluding tert-OH is 1. The van der Waals surface area contributed by atoms with Crippen LogP contribution in [0.15, 0.2) is 57.7 Å². The molecule has 8 heteroatoms. The molecule has 152 valence electrons. The average molecular weight is 397 g/mol. The van der Waals surface area contributed by atoms with E-state index < -0.39 is 23.7 Å². The van der Waals surface area contributed by atoms with Crippen LogP contribution in [0.3, 0.4) is 0 Å². The molecule has 2 atom stereocenters. The minimum atomic E-state index is -1.08. The lowest BCUT2D eigenvalue weighted by Crippen LogP contribution is -2.43. The molecule has 1 amide bonds. The molecule has 0 aliphatic heterocycles. The molecular formula is C21H23N3O5. The van der Waals surface area contributed by atoms with Gasteiger partial charge in [0.2, 0.25) is 5.91 Å². The molecule has 0 unspecified atom stereocenters. The van der Waals surface area contributed by atoms with Crippen LogP contribution >= 0.6 is 0 Å². The van der Waals surface area contributed by atoms with Gasteiger partial charge in [-0.25, -0.2) is 4.79 Å². The van der Waals surface area contributed by atoms with Gasteiger partial charge >= 0.3 is 5.63 Å². The van der Waals surface area contributed by atoms with Gasteiger partial charge in [0.25, 0.3) is 0 Å². The van der Waals surface area contributed by atoms with E-state index in [4.69, 9.17) is 14.9 Å². The predicted octanol–water partition coefficient (Wildman–Crippen LogP) is 2.22. The van der Waals surface area contributed by atoms with Gasteiger partial charge in [-0.2, -0.15) is 0 Å². The first-order valence-corrected chi connectivity index (χ1v) is 9.01. The molecule has 29 heavy (non-hydrogen) atoms. The van der Waals surface area contributed by atoms with Gasteiger partial charge in [0.05, 0.1) is 24.6 Å². The monoisotopic (exact) mass is 397 g/mol. The molecular weight excluding hydrogens is 374 g/mol. The quantitative estimate of drug-likeness (QED) is 0.546. The van der Waals surface area contributed by atoms with E-state index in [1.807, 2.05) is 17.0 Å². The van der Waals surface area contributed by atoms with Crippen LogP contribution in [0.1, 0.15) is 6.92 Å². The fourth-order valence-electron chi connectivity index (χ4n) is 2.95. The largest absolute Gasteiger partial charge is 0.495 e. The zero-order valence-electron chi connectivity index (χ0n) is 16.4. The van der Waals surface area contributed by atoms with Gasteiger partial charge in [-0.05, 0) is 37.3 Å². The Morgan fingerprint density at radius 3 is 2.66 bits per heavy atom. The van der Waals surface area contributed by atoms with Crippen molar-refractivity contribution in [1.29, 1.82) is 0 Å². The van der Waals surface area contributed by atoms with Crippen molar-refractivity contribution >= 4 is 33.9 Å². The Kier molecular flexibility index (Phi) is 5.86. The summed E-state index contributed by atoms with van der Waals surface area (Å²) in [7, 11) is 3.29. The third-order valence-corrected chi connectivity index (χ3v) is 4.64. The van der Waals surface area contributed by atoms with Gasteiger partial charge in [-0.1, -0.05) is 12.1 Å². The number of aliphatic hydroxyl groups is 1. The first kappa shape index (κ1) is 20.4. The molecule has 1 heterocycles. The maximum absolute atomic E-state index is 12.3. The van der Waals surface area contributed by atoms with Crippen molar-refractivity contribution < 1.29 is 19.1 Å². The SMILES string of the molecule is COc1ccc(N(C)c2cc(=O)oc3ccccc23)cc1NC(=O)[C@@H](N)[C@@H](C)O. The third kappa shape index (κ3) is 4.23. The molecule has 8 nitrogen and oxygen atoms in total. The minimum absolute atomic E-state index is 0.394. The summed E-state index contributed by atoms with van der Waals surface area (Å²) in [5.41, 5.74) is 7.47. The van der Waals surface area contributed by atoms with Gasteiger partial charge < -0.3 is 30.2 Å². The summed E-state index contributed by atoms with van der Waals surface area (Å²) >= 11 is 0. The molecule has 1 aromatic heterocycles. The van der Waals surface area contributed by atoms with Crippen molar-refractivity contribution in [3.05, 3.63) is 59.0 Å². The molecule has 0 fully saturated rings. The van der Waals surface area contributed by atoms with Crippen LogP contribution in [-0.2, 0) is 4.79 Å². The molecule has 0 bridgehead atoms. The maximum Gasteiger partial charge on any atom is 0.338 e. The lowest BCUT2D eigenvalue weighted by Gasteiger charge is -2.23. The molecule has 0 saturated heterocycles. The maximum atomic E-state index is 12.3. The number of carbonyl (C=O) groups excluding carboxylic acids is 1. The summed E-state index contributed by atoms with van der Waals surface area (Å²) in [5, 5.41) is 13.0. The van der Waals surface area contributed by atoms with Crippen LogP contribution in [-0.4, -0.2) is 37.3 Å². The van der Waals surface area contributed by atoms with E-state index in [0.29, 0.717) is 28.4 Å². The van der Waals surface area contributed by atoms with Crippen molar-refractivity contribution in [2.45, 2.75) is 19.1 Å². The Morgan fingerprint density at radius 2 is 1.97 bits per heavy atom. The van der Waals surface area contributed by atoms with Crippen molar-refractivity contribution in [2.75, 3.05) is 24.4 Å². The summed E-state index contributed by atoms with van der Waals surface area (Å²) < 4.78 is 10.6. The zero-order valence-corrected chi connectivity index (χ0v) is 16.4. The second kappa shape index (κ2) is 8.34. The van der Waals surface area contributed by atoms with E-state index in [0.717, 1.165) is 5.39 Å². The van der Waals surface area contributed by atoms with Crippen LogP contribution < -0.4 is 26.3 Å². The fourth-order valence-corrected chi connectivity index (χ4v) is 2.95. The van der Waals surface area contributed by atoms with Crippen molar-refractivity contribution in [2.24, 2.45) is 5.73 Å². The number of nitrogens with one attached hydrogen (secondary N) is 1. The number of anilines is 3. The Hall–Kier alpha value is -3.36. The van der Waals surface area contributed by atoms with Crippen LogP contribution in [0.5, 0.6) is 5.75 Å². The number of amides is 1. The predicted molar refractivity (Wildman–Crippen MR) is 112 cm³/mol. The van der Waals surface area contributed by atoms with E-state index >= 15 is 0 Å². The second-order valence-electron chi connectivity index (χ2n) is 6.65. The minimum Gasteiger partial charge on any atom is -0.495 e. The Morgan fingerprint density at radius 1 is 1.24 bits per heavy atom. The second-order valence-corrected chi connectivity index (χ2v) is 6.65. The lowest BCUT2D eigenvalue weighted by molar-refractivity contribution is -0.119. The van der Waals surface area contributed by atoms with Gasteiger partial charge in [0.15, 0.2) is 0 Å². The molecule has 0 saturated carbocycles. The Balaban J connectivity index is 2.02. The van der Waals surface area contributed by atoms with Crippen LogP contribution in [0.2, 0.25) is 0 Å². The summed E-state index contributed by atoms with van der Waals surface area (Å²) in [6, 6.07) is 12.8. The van der Waals surface area contributed by atoms with Crippen LogP contribution in [0.25, 0.3) is 11.0 Å². The molecule has 0 aliphatic carbocycles. The molecule has 0 spiro atoms. The highest BCUT2D eigenvalue weighted by molar-refractivity contribution is 5.97. The van der Waals surface area contributed by atoms with Gasteiger partial charge in [0, 0.05) is 24.2 Å². The number of rotatable bonds is 6. The molecule has 0 aliphatic rings. The summed E-state index contributed by atoms with van der Waals surface area (Å²) in [6.45, 7) is 1.44. The van der Waals surface area contributed by atoms with E-state index in [2.05, 4.69) is 5.32 Å². The van der Waals surface area contributed by atoms with Crippen molar-refractivity contribution in [3.8, 4) is 5.75 Å². The lowest BCUT2D eigenvalue weighted by atomic mass is 10.1. The van der Waals surface area contributed by atoms with Crippen molar-refractivity contribution in [1.82, 2.24) is 0 Å². The highest BCUT2D eigenvalue weighted by atomic mass is 16.5. The van der Waals surface area contributed by atoms with E-state index in [1.165, 1.54) is 20.1 Å². The summed E-state index contributed by atoms with van der Waals surface area (Å²) in [4.78, 5) is 26.1. The Bertz CT molecular complexity index is 1090. The Labute approximate surface area is 167 Å². The topological polar surface area (TPSA) is 118 Å². The van der Waals surface area contributed by atoms with Gasteiger partial charge in [0.1, 0.15) is 17.4 Å². The normalized spacial score (nSPS) is 13.0. The van der Waals surface area contributed by atoms with Crippen LogP contribution in [0, 0.1) is 0 Å². The number of hydrogen-bond donors (Lipinski definition) is 3. The molecule has 3 rings (SSSR count). The molecule has 3 aromatic rings. The number of benzene rings is 2. The standard InChI is InChI=1S/C21H23N3O5/c1-12(25)20(22)21(27)23-15-10-13(8-9-18(15)28-3)24(2)16-11-19(26)29-17-7-5-4-6-14(16)17/h4-12,20,25H,22H2,1-3H3,(H,23,27)/t12-,20+/m1/s1. The summed E-state index contributed by atoms with van der Waals surface area (Å²) in [6.07, 6.45) is -0.998. The smallest absolute Gasteiger partial charge is 0.338 e. The summed E-state index contributed by atoms with van der Waals surface area (Å²) in [5.74, 6) is -0.102. The van der Waals surface area contributed by atoms with Crippen molar-refractivity contribution in [3.63, 3.8) is 0 Å². The number of hydrogen-bond acceptors (Lipinski definition) is 7. The zero-order chi connectivity index (χ0) is 21.1. The number of fused-ring (bicyclic) bond motifs is 1. The van der Waals surface area contributed by atoms with Gasteiger partial charge in [-0.3, -0.25) is 4.79 Å². The number of para-hydroxylation sites is 1. The van der Waals surface area contributed by atoms with E-state index in [9.17, 15) is 14.7 Å². The number of nitrogens with two attached hydrogens (primary N) is 1. The fraction of sp³-hybridized carbons (Fsp3) is 0.238. The highest BCUT2D eigenvalue weighted by Gasteiger charge is 2.21. The first-order chi connectivity index (χ1) is 13.8. The van der Waals surface area contributed by atoms with E-state index in [1.54, 1.807) is 37.4 Å². The van der Waals surface area contributed by atoms with E-state index in [-0.39, 0.29) is 0 Å². The molecule has 2 aromatic carbocycles. The van der Waals surface area contributed by atoms with Gasteiger partial charge in [-0.15, -0.1) is 0 Å². The number of ether oxygens (including phenoxy) is 1. The average Bonchev–Trinajstić information content (AvgIpc) is 2.71. The highest BCUT2D eigenvalue weighted by Crippen LogP contribution is 2.34. The number of methoxy groups -OCH3 is 1. The number of nitrogens with zero attached hydrogens (tertiary/aromatic N) is 1. The van der Waals surface area contributed by atoms with Crippen LogP contribution in [0.4, 0.5) is 17.1 Å². The number of carbonyl (C=O) groups is 1. The first-order valence-electron chi connectivity index (χ1n) is 9.01.